The van der Waals surface area contributed by atoms with Crippen LogP contribution in [0.15, 0.2) is 12.1 Å². The quantitative estimate of drug-likeness (QED) is 0.566. The van der Waals surface area contributed by atoms with Gasteiger partial charge in [0.1, 0.15) is 0 Å². The fourth-order valence-corrected chi connectivity index (χ4v) is 3.67. The molecule has 0 aliphatic rings. The van der Waals surface area contributed by atoms with Crippen LogP contribution in [0.4, 0.5) is 0 Å². The molecule has 1 aromatic rings. The monoisotopic (exact) mass is 365 g/mol. The molecular formula is C18H29Sn. The Morgan fingerprint density at radius 3 is 1.84 bits per heavy atom. The maximum atomic E-state index is 2.42. The summed E-state index contributed by atoms with van der Waals surface area (Å²) in [7, 11) is 0. The van der Waals surface area contributed by atoms with Crippen LogP contribution in [-0.2, 0) is 19.3 Å². The van der Waals surface area contributed by atoms with Crippen molar-refractivity contribution in [3.05, 3.63) is 28.8 Å². The first kappa shape index (κ1) is 17.1. The van der Waals surface area contributed by atoms with Crippen LogP contribution in [0.5, 0.6) is 0 Å². The first-order chi connectivity index (χ1) is 9.24. The summed E-state index contributed by atoms with van der Waals surface area (Å²) < 4.78 is 1.60. The Hall–Kier alpha value is 0.0187. The molecule has 19 heavy (non-hydrogen) atoms. The van der Waals surface area contributed by atoms with Gasteiger partial charge >= 0.3 is 133 Å². The molecular weight excluding hydrogens is 335 g/mol. The summed E-state index contributed by atoms with van der Waals surface area (Å²) in [6.45, 7) is 6.90. The Bertz CT molecular complexity index is 368. The second-order valence-electron chi connectivity index (χ2n) is 5.54. The molecule has 0 atom stereocenters. The van der Waals surface area contributed by atoms with Crippen LogP contribution in [0.1, 0.15) is 76.0 Å². The SMILES string of the molecule is CCCCc1cc[c]([Sn])c(CCCC)c1CCCC. The third-order valence-corrected chi connectivity index (χ3v) is 5.23. The van der Waals surface area contributed by atoms with Crippen LogP contribution in [0.3, 0.4) is 0 Å². The molecule has 0 aliphatic heterocycles. The van der Waals surface area contributed by atoms with E-state index in [1.165, 1.54) is 57.8 Å². The second kappa shape index (κ2) is 9.85. The number of rotatable bonds is 9. The van der Waals surface area contributed by atoms with E-state index in [4.69, 9.17) is 0 Å². The topological polar surface area (TPSA) is 0 Å². The normalized spacial score (nSPS) is 10.9. The molecule has 0 amide bonds. The summed E-state index contributed by atoms with van der Waals surface area (Å²) in [5.41, 5.74) is 5.08. The molecule has 0 saturated heterocycles. The van der Waals surface area contributed by atoms with Gasteiger partial charge in [0.15, 0.2) is 0 Å². The molecule has 0 fully saturated rings. The first-order valence-electron chi connectivity index (χ1n) is 8.09. The Morgan fingerprint density at radius 2 is 1.26 bits per heavy atom. The minimum atomic E-state index is 1.28. The van der Waals surface area contributed by atoms with Crippen molar-refractivity contribution < 1.29 is 0 Å². The Labute approximate surface area is 133 Å². The third kappa shape index (κ3) is 5.49. The molecule has 0 aliphatic carbocycles. The first-order valence-corrected chi connectivity index (χ1v) is 9.52. The van der Waals surface area contributed by atoms with Crippen molar-refractivity contribution in [2.45, 2.75) is 78.6 Å². The van der Waals surface area contributed by atoms with Gasteiger partial charge in [-0.2, -0.15) is 0 Å². The van der Waals surface area contributed by atoms with E-state index in [2.05, 4.69) is 32.9 Å². The third-order valence-electron chi connectivity index (χ3n) is 3.89. The van der Waals surface area contributed by atoms with Crippen LogP contribution < -0.4 is 3.58 Å². The van der Waals surface area contributed by atoms with Gasteiger partial charge in [0.2, 0.25) is 0 Å². The van der Waals surface area contributed by atoms with E-state index in [-0.39, 0.29) is 0 Å². The van der Waals surface area contributed by atoms with Crippen molar-refractivity contribution in [3.63, 3.8) is 0 Å². The molecule has 0 spiro atoms. The fourth-order valence-electron chi connectivity index (χ4n) is 2.65. The van der Waals surface area contributed by atoms with Gasteiger partial charge in [-0.15, -0.1) is 0 Å². The zero-order valence-electron chi connectivity index (χ0n) is 13.0. The van der Waals surface area contributed by atoms with E-state index in [1.54, 1.807) is 42.8 Å². The Kier molecular flexibility index (Phi) is 8.85. The van der Waals surface area contributed by atoms with E-state index in [0.29, 0.717) is 0 Å². The zero-order valence-corrected chi connectivity index (χ0v) is 15.9. The summed E-state index contributed by atoms with van der Waals surface area (Å²) in [6, 6.07) is 4.81. The van der Waals surface area contributed by atoms with Crippen LogP contribution in [0.25, 0.3) is 0 Å². The number of unbranched alkanes of at least 4 members (excludes halogenated alkanes) is 3. The molecule has 0 N–H and O–H groups in total. The summed E-state index contributed by atoms with van der Waals surface area (Å²) >= 11 is 1.59. The summed E-state index contributed by atoms with van der Waals surface area (Å²) in [4.78, 5) is 0. The van der Waals surface area contributed by atoms with Crippen molar-refractivity contribution in [1.82, 2.24) is 0 Å². The predicted molar refractivity (Wildman–Crippen MR) is 87.7 cm³/mol. The van der Waals surface area contributed by atoms with Gasteiger partial charge in [-0.1, -0.05) is 0 Å². The van der Waals surface area contributed by atoms with Crippen molar-refractivity contribution in [1.29, 1.82) is 0 Å². The van der Waals surface area contributed by atoms with Crippen LogP contribution in [-0.4, -0.2) is 22.5 Å². The van der Waals surface area contributed by atoms with Crippen LogP contribution in [0, 0.1) is 0 Å². The van der Waals surface area contributed by atoms with Gasteiger partial charge < -0.3 is 0 Å². The molecule has 3 radical (unpaired) electrons. The molecule has 0 bridgehead atoms. The average molecular weight is 364 g/mol. The van der Waals surface area contributed by atoms with Gasteiger partial charge in [0.25, 0.3) is 0 Å². The molecule has 0 unspecified atom stereocenters. The molecule has 0 saturated carbocycles. The second-order valence-corrected chi connectivity index (χ2v) is 7.08. The van der Waals surface area contributed by atoms with Gasteiger partial charge in [-0.3, -0.25) is 0 Å². The molecule has 1 rings (SSSR count). The molecule has 1 heteroatoms. The fraction of sp³-hybridized carbons (Fsp3) is 0.667. The predicted octanol–water partition coefficient (Wildman–Crippen LogP) is 4.51. The van der Waals surface area contributed by atoms with Crippen molar-refractivity contribution in [2.24, 2.45) is 0 Å². The van der Waals surface area contributed by atoms with Crippen LogP contribution in [0.2, 0.25) is 0 Å². The molecule has 0 aromatic heterocycles. The van der Waals surface area contributed by atoms with Crippen molar-refractivity contribution >= 4 is 26.1 Å². The van der Waals surface area contributed by atoms with E-state index >= 15 is 0 Å². The van der Waals surface area contributed by atoms with Gasteiger partial charge in [0.05, 0.1) is 0 Å². The van der Waals surface area contributed by atoms with Crippen LogP contribution >= 0.6 is 0 Å². The van der Waals surface area contributed by atoms with E-state index in [0.717, 1.165) is 0 Å². The average Bonchev–Trinajstić information content (AvgIpc) is 2.42. The molecule has 0 nitrogen and oxygen atoms in total. The van der Waals surface area contributed by atoms with E-state index < -0.39 is 0 Å². The Balaban J connectivity index is 3.00. The zero-order chi connectivity index (χ0) is 14.1. The number of benzene rings is 1. The summed E-state index contributed by atoms with van der Waals surface area (Å²) in [5, 5.41) is 0. The van der Waals surface area contributed by atoms with Crippen molar-refractivity contribution in [3.8, 4) is 0 Å². The molecule has 0 heterocycles. The standard InChI is InChI=1S/C18H29.Sn/c1-4-7-11-16-13-10-14-17(12-8-5-2)18(16)15-9-6-3;/h10,13H,4-9,11-12,15H2,1-3H3;. The summed E-state index contributed by atoms with van der Waals surface area (Å²) in [5.74, 6) is 0. The number of aryl methyl sites for hydroxylation is 1. The summed E-state index contributed by atoms with van der Waals surface area (Å²) in [6.07, 6.45) is 11.8. The molecule has 105 valence electrons. The van der Waals surface area contributed by atoms with E-state index in [1.807, 2.05) is 0 Å². The van der Waals surface area contributed by atoms with Gasteiger partial charge in [0, 0.05) is 0 Å². The minimum absolute atomic E-state index is 1.28. The Morgan fingerprint density at radius 1 is 0.737 bits per heavy atom. The van der Waals surface area contributed by atoms with E-state index in [9.17, 15) is 0 Å². The number of hydrogen-bond donors (Lipinski definition) is 0. The maximum absolute atomic E-state index is 2.42. The van der Waals surface area contributed by atoms with Crippen molar-refractivity contribution in [2.75, 3.05) is 0 Å². The number of hydrogen-bond acceptors (Lipinski definition) is 0. The van der Waals surface area contributed by atoms with Gasteiger partial charge in [-0.05, 0) is 0 Å². The molecule has 1 aromatic carbocycles. The van der Waals surface area contributed by atoms with Gasteiger partial charge in [-0.25, -0.2) is 0 Å².